The van der Waals surface area contributed by atoms with Crippen LogP contribution in [-0.2, 0) is 5.75 Å². The van der Waals surface area contributed by atoms with E-state index in [2.05, 4.69) is 88.6 Å². The Morgan fingerprint density at radius 1 is 1.00 bits per heavy atom. The van der Waals surface area contributed by atoms with Gasteiger partial charge in [0, 0.05) is 11.8 Å². The maximum absolute atomic E-state index is 4.47. The van der Waals surface area contributed by atoms with E-state index < -0.39 is 0 Å². The maximum Gasteiger partial charge on any atom is 0.192 e. The fourth-order valence-corrected chi connectivity index (χ4v) is 4.75. The normalized spacial score (nSPS) is 11.5. The SMILES string of the molecule is CC(C)n1c(SCc2cccc3ccccc23)nnc1-c1cccs1. The van der Waals surface area contributed by atoms with Crippen molar-refractivity contribution in [2.45, 2.75) is 30.8 Å². The predicted octanol–water partition coefficient (Wildman–Crippen LogP) is 6.03. The van der Waals surface area contributed by atoms with Gasteiger partial charge in [-0.2, -0.15) is 0 Å². The zero-order valence-electron chi connectivity index (χ0n) is 14.2. The molecule has 5 heteroatoms. The summed E-state index contributed by atoms with van der Waals surface area (Å²) in [5.41, 5.74) is 1.33. The average Bonchev–Trinajstić information content (AvgIpc) is 3.29. The highest BCUT2D eigenvalue weighted by Gasteiger charge is 2.17. The van der Waals surface area contributed by atoms with Crippen LogP contribution in [0.5, 0.6) is 0 Å². The van der Waals surface area contributed by atoms with Crippen LogP contribution in [0, 0.1) is 0 Å². The van der Waals surface area contributed by atoms with Gasteiger partial charge in [-0.05, 0) is 41.6 Å². The third-order valence-electron chi connectivity index (χ3n) is 4.16. The Morgan fingerprint density at radius 2 is 1.84 bits per heavy atom. The monoisotopic (exact) mass is 365 g/mol. The lowest BCUT2D eigenvalue weighted by molar-refractivity contribution is 0.555. The summed E-state index contributed by atoms with van der Waals surface area (Å²) < 4.78 is 2.24. The number of rotatable bonds is 5. The van der Waals surface area contributed by atoms with Gasteiger partial charge in [0.1, 0.15) is 0 Å². The molecular formula is C20H19N3S2. The van der Waals surface area contributed by atoms with Crippen molar-refractivity contribution in [3.63, 3.8) is 0 Å². The predicted molar refractivity (Wildman–Crippen MR) is 107 cm³/mol. The molecule has 4 aromatic rings. The van der Waals surface area contributed by atoms with Crippen LogP contribution in [0.4, 0.5) is 0 Å². The van der Waals surface area contributed by atoms with E-state index in [9.17, 15) is 0 Å². The molecule has 0 N–H and O–H groups in total. The molecular weight excluding hydrogens is 346 g/mol. The van der Waals surface area contributed by atoms with Crippen LogP contribution in [0.1, 0.15) is 25.5 Å². The fraction of sp³-hybridized carbons (Fsp3) is 0.200. The lowest BCUT2D eigenvalue weighted by Gasteiger charge is -2.13. The molecule has 0 amide bonds. The van der Waals surface area contributed by atoms with E-state index >= 15 is 0 Å². The number of nitrogens with zero attached hydrogens (tertiary/aromatic N) is 3. The number of aromatic nitrogens is 3. The van der Waals surface area contributed by atoms with Crippen LogP contribution in [0.15, 0.2) is 65.1 Å². The summed E-state index contributed by atoms with van der Waals surface area (Å²) >= 11 is 3.46. The highest BCUT2D eigenvalue weighted by atomic mass is 32.2. The number of hydrogen-bond acceptors (Lipinski definition) is 4. The van der Waals surface area contributed by atoms with Crippen molar-refractivity contribution in [1.82, 2.24) is 14.8 Å². The minimum Gasteiger partial charge on any atom is -0.299 e. The van der Waals surface area contributed by atoms with Crippen LogP contribution >= 0.6 is 23.1 Å². The topological polar surface area (TPSA) is 30.7 Å². The Labute approximate surface area is 155 Å². The summed E-state index contributed by atoms with van der Waals surface area (Å²) in [5, 5.41) is 14.6. The first-order chi connectivity index (χ1) is 12.2. The van der Waals surface area contributed by atoms with Crippen molar-refractivity contribution in [3.05, 3.63) is 65.5 Å². The van der Waals surface area contributed by atoms with E-state index in [4.69, 9.17) is 0 Å². The van der Waals surface area contributed by atoms with Gasteiger partial charge in [-0.15, -0.1) is 21.5 Å². The standard InChI is InChI=1S/C20H19N3S2/c1-14(2)23-19(18-11-6-12-24-18)21-22-20(23)25-13-16-9-5-8-15-7-3-4-10-17(15)16/h3-12,14H,13H2,1-2H3. The van der Waals surface area contributed by atoms with Gasteiger partial charge in [0.15, 0.2) is 11.0 Å². The Hall–Kier alpha value is -2.11. The van der Waals surface area contributed by atoms with Gasteiger partial charge in [-0.25, -0.2) is 0 Å². The van der Waals surface area contributed by atoms with Crippen molar-refractivity contribution >= 4 is 33.9 Å². The molecule has 0 aliphatic rings. The van der Waals surface area contributed by atoms with Gasteiger partial charge >= 0.3 is 0 Å². The first-order valence-electron chi connectivity index (χ1n) is 8.32. The molecule has 25 heavy (non-hydrogen) atoms. The van der Waals surface area contributed by atoms with Crippen molar-refractivity contribution in [2.24, 2.45) is 0 Å². The molecule has 0 bridgehead atoms. The Balaban J connectivity index is 1.65. The summed E-state index contributed by atoms with van der Waals surface area (Å²) in [7, 11) is 0. The summed E-state index contributed by atoms with van der Waals surface area (Å²) in [5.74, 6) is 1.85. The highest BCUT2D eigenvalue weighted by molar-refractivity contribution is 7.98. The molecule has 0 radical (unpaired) electrons. The van der Waals surface area contributed by atoms with E-state index in [0.29, 0.717) is 6.04 Å². The fourth-order valence-electron chi connectivity index (χ4n) is 2.98. The van der Waals surface area contributed by atoms with Crippen LogP contribution in [0.2, 0.25) is 0 Å². The van der Waals surface area contributed by atoms with Gasteiger partial charge < -0.3 is 0 Å². The van der Waals surface area contributed by atoms with Gasteiger partial charge in [0.05, 0.1) is 4.88 Å². The molecule has 2 aromatic carbocycles. The van der Waals surface area contributed by atoms with Gasteiger partial charge in [0.2, 0.25) is 0 Å². The second-order valence-corrected chi connectivity index (χ2v) is 8.06. The largest absolute Gasteiger partial charge is 0.299 e. The Bertz CT molecular complexity index is 982. The second-order valence-electron chi connectivity index (χ2n) is 6.17. The Kier molecular flexibility index (Phi) is 4.59. The molecule has 0 aliphatic heterocycles. The zero-order chi connectivity index (χ0) is 17.2. The van der Waals surface area contributed by atoms with Gasteiger partial charge in [-0.1, -0.05) is 60.3 Å². The molecule has 0 saturated carbocycles. The number of benzene rings is 2. The molecule has 2 aromatic heterocycles. The first-order valence-corrected chi connectivity index (χ1v) is 10.2. The van der Waals surface area contributed by atoms with Crippen LogP contribution in [-0.4, -0.2) is 14.8 Å². The third kappa shape index (κ3) is 3.22. The first kappa shape index (κ1) is 16.4. The molecule has 0 spiro atoms. The molecule has 2 heterocycles. The van der Waals surface area contributed by atoms with Crippen LogP contribution < -0.4 is 0 Å². The average molecular weight is 366 g/mol. The van der Waals surface area contributed by atoms with Crippen molar-refractivity contribution in [3.8, 4) is 10.7 Å². The van der Waals surface area contributed by atoms with Gasteiger partial charge in [0.25, 0.3) is 0 Å². The minimum atomic E-state index is 0.321. The molecule has 0 saturated heterocycles. The molecule has 0 fully saturated rings. The molecule has 0 unspecified atom stereocenters. The molecule has 0 aliphatic carbocycles. The zero-order valence-corrected chi connectivity index (χ0v) is 15.8. The minimum absolute atomic E-state index is 0.321. The lowest BCUT2D eigenvalue weighted by atomic mass is 10.1. The molecule has 3 nitrogen and oxygen atoms in total. The smallest absolute Gasteiger partial charge is 0.192 e. The second kappa shape index (κ2) is 7.02. The number of thiophene rings is 1. The van der Waals surface area contributed by atoms with Crippen molar-refractivity contribution in [1.29, 1.82) is 0 Å². The summed E-state index contributed by atoms with van der Waals surface area (Å²) in [6.07, 6.45) is 0. The van der Waals surface area contributed by atoms with E-state index in [-0.39, 0.29) is 0 Å². The van der Waals surface area contributed by atoms with E-state index in [1.54, 1.807) is 23.1 Å². The quantitative estimate of drug-likeness (QED) is 0.404. The summed E-state index contributed by atoms with van der Waals surface area (Å²) in [6, 6.07) is 19.5. The number of thioether (sulfide) groups is 1. The summed E-state index contributed by atoms with van der Waals surface area (Å²) in [4.78, 5) is 1.17. The maximum atomic E-state index is 4.47. The Morgan fingerprint density at radius 3 is 2.64 bits per heavy atom. The van der Waals surface area contributed by atoms with Crippen LogP contribution in [0.3, 0.4) is 0 Å². The molecule has 126 valence electrons. The number of hydrogen-bond donors (Lipinski definition) is 0. The van der Waals surface area contributed by atoms with E-state index in [1.807, 2.05) is 0 Å². The van der Waals surface area contributed by atoms with E-state index in [0.717, 1.165) is 16.7 Å². The number of fused-ring (bicyclic) bond motifs is 1. The highest BCUT2D eigenvalue weighted by Crippen LogP contribution is 2.32. The molecule has 4 rings (SSSR count). The van der Waals surface area contributed by atoms with Crippen molar-refractivity contribution in [2.75, 3.05) is 0 Å². The van der Waals surface area contributed by atoms with Crippen LogP contribution in [0.25, 0.3) is 21.5 Å². The lowest BCUT2D eigenvalue weighted by Crippen LogP contribution is -2.04. The summed E-state index contributed by atoms with van der Waals surface area (Å²) in [6.45, 7) is 4.37. The van der Waals surface area contributed by atoms with Crippen molar-refractivity contribution < 1.29 is 0 Å². The molecule has 0 atom stereocenters. The van der Waals surface area contributed by atoms with Gasteiger partial charge in [-0.3, -0.25) is 4.57 Å². The third-order valence-corrected chi connectivity index (χ3v) is 6.02. The van der Waals surface area contributed by atoms with E-state index in [1.165, 1.54) is 21.2 Å².